The lowest BCUT2D eigenvalue weighted by atomic mass is 9.94. The third-order valence-corrected chi connectivity index (χ3v) is 2.86. The highest BCUT2D eigenvalue weighted by Gasteiger charge is 2.03. The average molecular weight is 196 g/mol. The van der Waals surface area contributed by atoms with E-state index in [4.69, 9.17) is 0 Å². The summed E-state index contributed by atoms with van der Waals surface area (Å²) in [6.45, 7) is 9.19. The third kappa shape index (κ3) is 5.47. The molecule has 0 saturated heterocycles. The summed E-state index contributed by atoms with van der Waals surface area (Å²) in [5, 5.41) is 0. The van der Waals surface area contributed by atoms with Gasteiger partial charge in [-0.25, -0.2) is 0 Å². The highest BCUT2D eigenvalue weighted by Crippen LogP contribution is 2.23. The maximum absolute atomic E-state index is 2.32. The summed E-state index contributed by atoms with van der Waals surface area (Å²) in [6, 6.07) is 0. The number of unbranched alkanes of at least 4 members (excludes halogenated alkanes) is 1. The summed E-state index contributed by atoms with van der Waals surface area (Å²) in [6.07, 6.45) is 10.6. The van der Waals surface area contributed by atoms with E-state index in [1.54, 1.807) is 11.1 Å². The van der Waals surface area contributed by atoms with Gasteiger partial charge in [-0.3, -0.25) is 0 Å². The molecule has 0 N–H and O–H groups in total. The molecule has 0 radical (unpaired) electrons. The van der Waals surface area contributed by atoms with Crippen molar-refractivity contribution in [2.45, 2.75) is 79.1 Å². The molecular formula is C14H28. The first-order chi connectivity index (χ1) is 6.79. The molecule has 0 atom stereocenters. The Labute approximate surface area is 90.8 Å². The molecule has 0 bridgehead atoms. The molecule has 0 aliphatic heterocycles. The third-order valence-electron chi connectivity index (χ3n) is 2.86. The average Bonchev–Trinajstić information content (AvgIpc) is 2.19. The molecule has 0 aromatic carbocycles. The Balaban J connectivity index is 4.33. The molecule has 0 aromatic heterocycles. The Hall–Kier alpha value is -0.260. The molecule has 14 heavy (non-hydrogen) atoms. The summed E-state index contributed by atoms with van der Waals surface area (Å²) in [5.74, 6) is 0. The van der Waals surface area contributed by atoms with E-state index in [1.807, 2.05) is 0 Å². The fourth-order valence-electron chi connectivity index (χ4n) is 2.08. The second-order valence-corrected chi connectivity index (χ2v) is 4.16. The van der Waals surface area contributed by atoms with E-state index >= 15 is 0 Å². The Bertz CT molecular complexity index is 145. The largest absolute Gasteiger partial charge is 0.0713 e. The van der Waals surface area contributed by atoms with Crippen LogP contribution in [0.5, 0.6) is 0 Å². The number of allylic oxidation sites excluding steroid dienone is 2. The highest BCUT2D eigenvalue weighted by molar-refractivity contribution is 5.14. The number of hydrogen-bond donors (Lipinski definition) is 0. The van der Waals surface area contributed by atoms with Crippen molar-refractivity contribution in [2.75, 3.05) is 0 Å². The second kappa shape index (κ2) is 9.30. The smallest absolute Gasteiger partial charge is 0.0318 e. The lowest BCUT2D eigenvalue weighted by Gasteiger charge is -2.13. The van der Waals surface area contributed by atoms with Gasteiger partial charge in [0, 0.05) is 0 Å². The van der Waals surface area contributed by atoms with Crippen LogP contribution in [0, 0.1) is 0 Å². The molecule has 0 rings (SSSR count). The van der Waals surface area contributed by atoms with E-state index < -0.39 is 0 Å². The molecule has 0 amide bonds. The fraction of sp³-hybridized carbons (Fsp3) is 0.857. The first-order valence-corrected chi connectivity index (χ1v) is 6.49. The van der Waals surface area contributed by atoms with Crippen LogP contribution in [0.4, 0.5) is 0 Å². The summed E-state index contributed by atoms with van der Waals surface area (Å²) in [5.41, 5.74) is 3.53. The molecule has 84 valence electrons. The van der Waals surface area contributed by atoms with Gasteiger partial charge in [0.2, 0.25) is 0 Å². The fourth-order valence-corrected chi connectivity index (χ4v) is 2.08. The van der Waals surface area contributed by atoms with Gasteiger partial charge in [0.25, 0.3) is 0 Å². The van der Waals surface area contributed by atoms with E-state index in [0.717, 1.165) is 0 Å². The first-order valence-electron chi connectivity index (χ1n) is 6.49. The highest BCUT2D eigenvalue weighted by atomic mass is 14.1. The molecule has 0 heteroatoms. The van der Waals surface area contributed by atoms with Crippen molar-refractivity contribution in [1.82, 2.24) is 0 Å². The van der Waals surface area contributed by atoms with E-state index in [-0.39, 0.29) is 0 Å². The van der Waals surface area contributed by atoms with Gasteiger partial charge in [-0.15, -0.1) is 0 Å². The summed E-state index contributed by atoms with van der Waals surface area (Å²) in [4.78, 5) is 0. The Morgan fingerprint density at radius 3 is 1.57 bits per heavy atom. The van der Waals surface area contributed by atoms with Crippen molar-refractivity contribution in [3.63, 3.8) is 0 Å². The van der Waals surface area contributed by atoms with Gasteiger partial charge in [0.05, 0.1) is 0 Å². The monoisotopic (exact) mass is 196 g/mol. The van der Waals surface area contributed by atoms with Gasteiger partial charge in [0.15, 0.2) is 0 Å². The predicted molar refractivity (Wildman–Crippen MR) is 66.7 cm³/mol. The van der Waals surface area contributed by atoms with Crippen LogP contribution in [0.1, 0.15) is 79.1 Å². The summed E-state index contributed by atoms with van der Waals surface area (Å²) < 4.78 is 0. The molecule has 0 heterocycles. The molecule has 0 nitrogen and oxygen atoms in total. The molecule has 0 unspecified atom stereocenters. The maximum atomic E-state index is 2.32. The van der Waals surface area contributed by atoms with Crippen LogP contribution in [0.2, 0.25) is 0 Å². The van der Waals surface area contributed by atoms with E-state index in [1.165, 1.54) is 51.4 Å². The van der Waals surface area contributed by atoms with Crippen molar-refractivity contribution in [2.24, 2.45) is 0 Å². The topological polar surface area (TPSA) is 0 Å². The van der Waals surface area contributed by atoms with Crippen LogP contribution in [0.15, 0.2) is 11.1 Å². The zero-order valence-corrected chi connectivity index (χ0v) is 10.7. The standard InChI is InChI=1S/C14H28/c1-5-9-12-13(8-4)14(10-6-2)11-7-3/h5-12H2,1-4H3. The van der Waals surface area contributed by atoms with Crippen LogP contribution in [0.3, 0.4) is 0 Å². The minimum absolute atomic E-state index is 1.27. The molecule has 0 saturated carbocycles. The number of rotatable bonds is 8. The van der Waals surface area contributed by atoms with E-state index in [0.29, 0.717) is 0 Å². The van der Waals surface area contributed by atoms with Gasteiger partial charge >= 0.3 is 0 Å². The van der Waals surface area contributed by atoms with Crippen molar-refractivity contribution in [3.05, 3.63) is 11.1 Å². The van der Waals surface area contributed by atoms with Crippen molar-refractivity contribution in [1.29, 1.82) is 0 Å². The molecule has 0 aliphatic carbocycles. The molecular weight excluding hydrogens is 168 g/mol. The lowest BCUT2D eigenvalue weighted by molar-refractivity contribution is 0.716. The lowest BCUT2D eigenvalue weighted by Crippen LogP contribution is -1.92. The number of hydrogen-bond acceptors (Lipinski definition) is 0. The van der Waals surface area contributed by atoms with Crippen molar-refractivity contribution < 1.29 is 0 Å². The Morgan fingerprint density at radius 2 is 1.21 bits per heavy atom. The minimum atomic E-state index is 1.27. The van der Waals surface area contributed by atoms with E-state index in [9.17, 15) is 0 Å². The van der Waals surface area contributed by atoms with Crippen LogP contribution >= 0.6 is 0 Å². The van der Waals surface area contributed by atoms with Gasteiger partial charge < -0.3 is 0 Å². The quantitative estimate of drug-likeness (QED) is 0.451. The van der Waals surface area contributed by atoms with Crippen LogP contribution in [0.25, 0.3) is 0 Å². The van der Waals surface area contributed by atoms with Gasteiger partial charge in [-0.1, -0.05) is 58.1 Å². The first kappa shape index (κ1) is 13.7. The van der Waals surface area contributed by atoms with Crippen LogP contribution in [-0.2, 0) is 0 Å². The van der Waals surface area contributed by atoms with Crippen molar-refractivity contribution in [3.8, 4) is 0 Å². The Morgan fingerprint density at radius 1 is 0.643 bits per heavy atom. The molecule has 0 fully saturated rings. The predicted octanol–water partition coefficient (Wildman–Crippen LogP) is 5.48. The molecule has 0 aromatic rings. The van der Waals surface area contributed by atoms with Crippen molar-refractivity contribution >= 4 is 0 Å². The normalized spacial score (nSPS) is 10.3. The minimum Gasteiger partial charge on any atom is -0.0713 e. The zero-order valence-electron chi connectivity index (χ0n) is 10.7. The Kier molecular flexibility index (Phi) is 9.13. The molecule has 0 aliphatic rings. The maximum Gasteiger partial charge on any atom is -0.0318 e. The molecule has 0 spiro atoms. The van der Waals surface area contributed by atoms with Gasteiger partial charge in [-0.2, -0.15) is 0 Å². The SMILES string of the molecule is CCCCC(CC)=C(CCC)CCC. The van der Waals surface area contributed by atoms with Gasteiger partial charge in [0.1, 0.15) is 0 Å². The zero-order chi connectivity index (χ0) is 10.8. The van der Waals surface area contributed by atoms with E-state index in [2.05, 4.69) is 27.7 Å². The van der Waals surface area contributed by atoms with Gasteiger partial charge in [-0.05, 0) is 32.1 Å². The van der Waals surface area contributed by atoms with Crippen LogP contribution < -0.4 is 0 Å². The van der Waals surface area contributed by atoms with Crippen LogP contribution in [-0.4, -0.2) is 0 Å². The summed E-state index contributed by atoms with van der Waals surface area (Å²) >= 11 is 0. The summed E-state index contributed by atoms with van der Waals surface area (Å²) in [7, 11) is 0. The second-order valence-electron chi connectivity index (χ2n) is 4.16.